The SMILES string of the molecule is COc1ccc(CN(C(=O)OC(C)(C)C)c2ccc(C(O)c3c[nH]c4nccnc34)cn2)cn1.COc1ccc(CN(C(=O)OC(C)(C)C)c2ccc(C=O)cn2)cn1.COc1ccc(CNc2ccc(Cc3c[nH]c4nccnc34)cn2)cn1.c1cnc2[nH]ccc2n1. The van der Waals surface area contributed by atoms with Gasteiger partial charge in [0.05, 0.1) is 34.4 Å². The fraction of sp³-hybridized carbons (Fsp3) is 0.239. The summed E-state index contributed by atoms with van der Waals surface area (Å²) in [6.45, 7) is 11.8. The van der Waals surface area contributed by atoms with Crippen LogP contribution in [0.1, 0.15) is 96.9 Å². The van der Waals surface area contributed by atoms with Crippen molar-refractivity contribution in [1.29, 1.82) is 0 Å². The molecule has 12 rings (SSSR count). The van der Waals surface area contributed by atoms with Crippen molar-refractivity contribution in [1.82, 2.24) is 74.8 Å². The Labute approximate surface area is 540 Å². The van der Waals surface area contributed by atoms with Gasteiger partial charge in [-0.2, -0.15) is 0 Å². The number of aldehydes is 1. The number of ether oxygens (including phenoxy) is 5. The number of nitrogens with one attached hydrogen (secondary N) is 4. The van der Waals surface area contributed by atoms with Crippen LogP contribution >= 0.6 is 0 Å². The van der Waals surface area contributed by atoms with E-state index in [4.69, 9.17) is 23.7 Å². The van der Waals surface area contributed by atoms with E-state index in [2.05, 4.69) is 86.1 Å². The molecule has 0 spiro atoms. The number of aliphatic hydroxyl groups excluding tert-OH is 1. The van der Waals surface area contributed by atoms with Gasteiger partial charge in [0, 0.05) is 146 Å². The summed E-state index contributed by atoms with van der Waals surface area (Å²) in [5.74, 6) is 3.16. The number of carbonyl (C=O) groups is 3. The zero-order valence-corrected chi connectivity index (χ0v) is 53.1. The van der Waals surface area contributed by atoms with Gasteiger partial charge in [0.2, 0.25) is 17.6 Å². The van der Waals surface area contributed by atoms with Crippen molar-refractivity contribution in [3.8, 4) is 17.6 Å². The van der Waals surface area contributed by atoms with Crippen LogP contribution in [0.15, 0.2) is 172 Å². The maximum atomic E-state index is 13.0. The van der Waals surface area contributed by atoms with E-state index in [0.717, 1.165) is 62.4 Å². The Morgan fingerprint density at radius 3 is 1.53 bits per heavy atom. The number of amides is 2. The molecular formula is C67H70N18O9. The van der Waals surface area contributed by atoms with Crippen molar-refractivity contribution in [3.63, 3.8) is 0 Å². The summed E-state index contributed by atoms with van der Waals surface area (Å²) in [6.07, 6.45) is 24.6. The van der Waals surface area contributed by atoms with Crippen LogP contribution in [-0.4, -0.2) is 131 Å². The minimum atomic E-state index is -0.965. The number of pyridine rings is 6. The molecule has 0 aliphatic heterocycles. The smallest absolute Gasteiger partial charge is 0.416 e. The minimum Gasteiger partial charge on any atom is -0.481 e. The molecule has 0 aromatic carbocycles. The molecule has 1 atom stereocenters. The Morgan fingerprint density at radius 2 is 1.03 bits per heavy atom. The zero-order valence-electron chi connectivity index (χ0n) is 53.1. The summed E-state index contributed by atoms with van der Waals surface area (Å²) in [7, 11) is 4.68. The number of carbonyl (C=O) groups excluding carboxylic acids is 3. The van der Waals surface area contributed by atoms with E-state index in [-0.39, 0.29) is 13.1 Å². The molecule has 0 saturated carbocycles. The monoisotopic (exact) mass is 1270 g/mol. The quantitative estimate of drug-likeness (QED) is 0.0529. The lowest BCUT2D eigenvalue weighted by atomic mass is 10.1. The first-order valence-corrected chi connectivity index (χ1v) is 29.4. The Kier molecular flexibility index (Phi) is 22.1. The second-order valence-corrected chi connectivity index (χ2v) is 22.6. The molecule has 1 unspecified atom stereocenters. The normalized spacial score (nSPS) is 11.3. The summed E-state index contributed by atoms with van der Waals surface area (Å²) in [5.41, 5.74) is 9.74. The highest BCUT2D eigenvalue weighted by Crippen LogP contribution is 2.29. The Morgan fingerprint density at radius 1 is 0.521 bits per heavy atom. The molecule has 94 heavy (non-hydrogen) atoms. The Bertz CT molecular complexity index is 4340. The van der Waals surface area contributed by atoms with E-state index in [0.29, 0.717) is 70.0 Å². The van der Waals surface area contributed by atoms with Crippen molar-refractivity contribution in [2.24, 2.45) is 0 Å². The fourth-order valence-electron chi connectivity index (χ4n) is 8.83. The van der Waals surface area contributed by atoms with Crippen LogP contribution in [0.3, 0.4) is 0 Å². The molecule has 0 aliphatic carbocycles. The molecule has 12 aromatic heterocycles. The number of rotatable bonds is 17. The number of aromatic amines is 3. The summed E-state index contributed by atoms with van der Waals surface area (Å²) >= 11 is 0. The number of hydrogen-bond donors (Lipinski definition) is 5. The first-order chi connectivity index (χ1) is 45.3. The van der Waals surface area contributed by atoms with Gasteiger partial charge in [-0.05, 0) is 94.1 Å². The summed E-state index contributed by atoms with van der Waals surface area (Å²) in [4.78, 5) is 99.1. The van der Waals surface area contributed by atoms with Gasteiger partial charge in [-0.3, -0.25) is 29.5 Å². The Hall–Kier alpha value is -11.9. The first-order valence-electron chi connectivity index (χ1n) is 29.4. The van der Waals surface area contributed by atoms with Crippen LogP contribution in [0.4, 0.5) is 27.0 Å². The lowest BCUT2D eigenvalue weighted by Gasteiger charge is -2.27. The van der Waals surface area contributed by atoms with E-state index in [1.165, 1.54) is 36.4 Å². The van der Waals surface area contributed by atoms with Crippen LogP contribution in [0, 0.1) is 0 Å². The number of anilines is 3. The van der Waals surface area contributed by atoms with Gasteiger partial charge in [-0.25, -0.2) is 54.4 Å². The second-order valence-electron chi connectivity index (χ2n) is 22.6. The highest BCUT2D eigenvalue weighted by Gasteiger charge is 2.27. The maximum absolute atomic E-state index is 13.0. The third-order valence-corrected chi connectivity index (χ3v) is 13.4. The standard InChI is InChI=1S/C24H26N6O4.C19H18N6O.C18H21N3O4.C6H5N3/c1-24(2,3)34-23(32)30(14-15-5-8-19(33-4)28-11-15)18-7-6-16(12-27-18)21(31)17-13-29-22-20(17)25-9-10-26-22;1-26-17-5-3-14(11-24-17)10-23-16-4-2-13(9-22-16)8-15-12-25-19-18(15)20-6-7-21-19;1-18(2,3)25-17(23)21(15-7-5-14(12-22)10-19-15)11-13-6-8-16(24-4)20-9-13;1-2-8-6-5(1)7-3-4-9-6/h5-13,21,31H,14H2,1-4H3,(H,26,29);2-7,9,11-12H,8,10H2,1H3,(H,21,25)(H,22,23);5-10,12H,11H2,1-4H3;1-4H,(H,8,9). The van der Waals surface area contributed by atoms with Crippen molar-refractivity contribution in [2.45, 2.75) is 84.9 Å². The minimum absolute atomic E-state index is 0.193. The predicted octanol–water partition coefficient (Wildman–Crippen LogP) is 10.9. The van der Waals surface area contributed by atoms with Gasteiger partial charge < -0.3 is 49.1 Å². The molecule has 5 N–H and O–H groups in total. The van der Waals surface area contributed by atoms with Crippen molar-refractivity contribution < 1.29 is 43.2 Å². The van der Waals surface area contributed by atoms with Gasteiger partial charge in [-0.15, -0.1) is 0 Å². The topological polar surface area (TPSA) is 338 Å². The number of hydrogen-bond acceptors (Lipinski definition) is 22. The van der Waals surface area contributed by atoms with E-state index in [1.54, 1.807) is 147 Å². The molecule has 0 fully saturated rings. The molecular weight excluding hydrogens is 1200 g/mol. The summed E-state index contributed by atoms with van der Waals surface area (Å²) in [5, 5.41) is 14.2. The largest absolute Gasteiger partial charge is 0.481 e. The van der Waals surface area contributed by atoms with Gasteiger partial charge in [0.1, 0.15) is 51.3 Å². The number of aromatic nitrogens is 15. The third kappa shape index (κ3) is 18.6. The van der Waals surface area contributed by atoms with Crippen LogP contribution in [0.5, 0.6) is 17.6 Å². The van der Waals surface area contributed by atoms with Gasteiger partial charge in [0.25, 0.3) is 0 Å². The maximum Gasteiger partial charge on any atom is 0.416 e. The first kappa shape index (κ1) is 66.5. The molecule has 482 valence electrons. The zero-order chi connectivity index (χ0) is 66.6. The molecule has 0 bridgehead atoms. The molecule has 12 aromatic rings. The highest BCUT2D eigenvalue weighted by atomic mass is 16.6. The number of H-pyrrole nitrogens is 3. The molecule has 2 amide bonds. The lowest BCUT2D eigenvalue weighted by Crippen LogP contribution is -2.37. The Balaban J connectivity index is 0.000000157. The van der Waals surface area contributed by atoms with Crippen molar-refractivity contribution >= 4 is 69.4 Å². The van der Waals surface area contributed by atoms with E-state index < -0.39 is 29.5 Å². The van der Waals surface area contributed by atoms with E-state index >= 15 is 0 Å². The van der Waals surface area contributed by atoms with Crippen LogP contribution in [-0.2, 0) is 35.5 Å². The van der Waals surface area contributed by atoms with Crippen LogP contribution in [0.2, 0.25) is 0 Å². The molecule has 0 aliphatic rings. The molecule has 0 radical (unpaired) electrons. The third-order valence-electron chi connectivity index (χ3n) is 13.4. The lowest BCUT2D eigenvalue weighted by molar-refractivity contribution is 0.0565. The molecule has 27 nitrogen and oxygen atoms in total. The fourth-order valence-corrected chi connectivity index (χ4v) is 8.83. The average Bonchev–Trinajstić information content (AvgIpc) is 1.74. The highest BCUT2D eigenvalue weighted by molar-refractivity contribution is 5.88. The summed E-state index contributed by atoms with van der Waals surface area (Å²) < 4.78 is 26.2. The predicted molar refractivity (Wildman–Crippen MR) is 351 cm³/mol. The van der Waals surface area contributed by atoms with Crippen LogP contribution < -0.4 is 29.3 Å². The van der Waals surface area contributed by atoms with Crippen molar-refractivity contribution in [2.75, 3.05) is 36.4 Å². The van der Waals surface area contributed by atoms with E-state index in [1.807, 2.05) is 55.0 Å². The average molecular weight is 1270 g/mol. The molecule has 0 saturated heterocycles. The number of methoxy groups -OCH3 is 3. The van der Waals surface area contributed by atoms with Gasteiger partial charge >= 0.3 is 12.2 Å². The number of fused-ring (bicyclic) bond motifs is 3. The second kappa shape index (κ2) is 31.2. The summed E-state index contributed by atoms with van der Waals surface area (Å²) in [6, 6.07) is 23.4. The molecule has 12 heterocycles. The van der Waals surface area contributed by atoms with Gasteiger partial charge in [-0.1, -0.05) is 30.3 Å². The number of nitrogens with zero attached hydrogens (tertiary/aromatic N) is 14. The van der Waals surface area contributed by atoms with Crippen molar-refractivity contribution in [3.05, 3.63) is 216 Å². The molecule has 27 heteroatoms. The van der Waals surface area contributed by atoms with Gasteiger partial charge in [0.15, 0.2) is 23.2 Å². The van der Waals surface area contributed by atoms with Crippen LogP contribution in [0.25, 0.3) is 33.5 Å². The number of aliphatic hydroxyl groups is 1. The van der Waals surface area contributed by atoms with E-state index in [9.17, 15) is 19.5 Å².